The van der Waals surface area contributed by atoms with Crippen LogP contribution in [0.2, 0.25) is 0 Å². The van der Waals surface area contributed by atoms with E-state index < -0.39 is 11.9 Å². The predicted molar refractivity (Wildman–Crippen MR) is 73.5 cm³/mol. The molecule has 0 aromatic heterocycles. The average molecular weight is 262 g/mol. The first kappa shape index (κ1) is 12.7. The van der Waals surface area contributed by atoms with E-state index in [0.29, 0.717) is 5.75 Å². The molecule has 4 nitrogen and oxygen atoms in total. The van der Waals surface area contributed by atoms with Crippen LogP contribution in [0.25, 0.3) is 10.8 Å². The molecule has 0 aliphatic heterocycles. The summed E-state index contributed by atoms with van der Waals surface area (Å²) in [5, 5.41) is 11.5. The summed E-state index contributed by atoms with van der Waals surface area (Å²) in [5.74, 6) is 0.157. The first-order chi connectivity index (χ1) is 8.59. The Morgan fingerprint density at radius 2 is 1.89 bits per heavy atom. The quantitative estimate of drug-likeness (QED) is 0.727. The van der Waals surface area contributed by atoms with Gasteiger partial charge >= 0.3 is 0 Å². The molecule has 5 heteroatoms. The van der Waals surface area contributed by atoms with Gasteiger partial charge in [-0.2, -0.15) is 0 Å². The number of benzene rings is 2. The summed E-state index contributed by atoms with van der Waals surface area (Å²) >= 11 is 1.46. The lowest BCUT2D eigenvalue weighted by atomic mass is 10.1. The van der Waals surface area contributed by atoms with Crippen LogP contribution in [-0.4, -0.2) is 22.8 Å². The molecule has 0 aliphatic rings. The van der Waals surface area contributed by atoms with Crippen molar-refractivity contribution in [1.29, 1.82) is 0 Å². The molecule has 5 N–H and O–H groups in total. The van der Waals surface area contributed by atoms with Crippen LogP contribution in [0, 0.1) is 0 Å². The van der Waals surface area contributed by atoms with Crippen molar-refractivity contribution in [3.05, 3.63) is 36.4 Å². The van der Waals surface area contributed by atoms with Crippen molar-refractivity contribution in [1.82, 2.24) is 0 Å². The third-order valence-electron chi connectivity index (χ3n) is 2.64. The Morgan fingerprint density at radius 3 is 2.56 bits per heavy atom. The van der Waals surface area contributed by atoms with E-state index in [2.05, 4.69) is 0 Å². The number of nitrogens with two attached hydrogens (primary N) is 2. The Morgan fingerprint density at radius 1 is 1.22 bits per heavy atom. The summed E-state index contributed by atoms with van der Waals surface area (Å²) in [5.41, 5.74) is 10.7. The summed E-state index contributed by atoms with van der Waals surface area (Å²) in [4.78, 5) is 11.9. The number of carbonyl (C=O) groups is 1. The SMILES string of the molecule is NC(=O)C(N)CSc1ccc(O)c2ccccc12. The number of hydrogen-bond acceptors (Lipinski definition) is 4. The highest BCUT2D eigenvalue weighted by Crippen LogP contribution is 2.33. The number of carbonyl (C=O) groups excluding carboxylic acids is 1. The van der Waals surface area contributed by atoms with Gasteiger partial charge in [0.2, 0.25) is 5.91 Å². The van der Waals surface area contributed by atoms with Crippen molar-refractivity contribution in [3.63, 3.8) is 0 Å². The Kier molecular flexibility index (Phi) is 3.74. The molecule has 0 fully saturated rings. The van der Waals surface area contributed by atoms with Crippen LogP contribution in [0.3, 0.4) is 0 Å². The van der Waals surface area contributed by atoms with E-state index in [1.165, 1.54) is 11.8 Å². The lowest BCUT2D eigenvalue weighted by Crippen LogP contribution is -2.38. The highest BCUT2D eigenvalue weighted by Gasteiger charge is 2.11. The number of thioether (sulfide) groups is 1. The molecular formula is C13H14N2O2S. The second kappa shape index (κ2) is 5.29. The number of phenols is 1. The lowest BCUT2D eigenvalue weighted by molar-refractivity contribution is -0.118. The number of phenolic OH excluding ortho intramolecular Hbond substituents is 1. The molecule has 1 amide bonds. The van der Waals surface area contributed by atoms with Gasteiger partial charge in [0, 0.05) is 16.0 Å². The van der Waals surface area contributed by atoms with Crippen LogP contribution in [0.5, 0.6) is 5.75 Å². The standard InChI is InChI=1S/C13H14N2O2S/c14-10(13(15)17)7-18-12-6-5-11(16)8-3-1-2-4-9(8)12/h1-6,10,16H,7,14H2,(H2,15,17). The topological polar surface area (TPSA) is 89.3 Å². The number of hydrogen-bond donors (Lipinski definition) is 3. The van der Waals surface area contributed by atoms with Gasteiger partial charge in [0.25, 0.3) is 0 Å². The zero-order valence-electron chi connectivity index (χ0n) is 9.67. The molecule has 0 saturated carbocycles. The van der Waals surface area contributed by atoms with Crippen molar-refractivity contribution in [2.75, 3.05) is 5.75 Å². The lowest BCUT2D eigenvalue weighted by Gasteiger charge is -2.10. The Bertz CT molecular complexity index is 586. The van der Waals surface area contributed by atoms with E-state index in [-0.39, 0.29) is 5.75 Å². The summed E-state index contributed by atoms with van der Waals surface area (Å²) in [6.07, 6.45) is 0. The third kappa shape index (κ3) is 2.57. The smallest absolute Gasteiger partial charge is 0.235 e. The fourth-order valence-corrected chi connectivity index (χ4v) is 2.66. The van der Waals surface area contributed by atoms with Crippen molar-refractivity contribution >= 4 is 28.4 Å². The number of rotatable bonds is 4. The molecular weight excluding hydrogens is 248 g/mol. The Labute approximate surface area is 109 Å². The third-order valence-corrected chi connectivity index (χ3v) is 3.84. The van der Waals surface area contributed by atoms with Crippen LogP contribution in [-0.2, 0) is 4.79 Å². The highest BCUT2D eigenvalue weighted by molar-refractivity contribution is 7.99. The molecule has 0 bridgehead atoms. The first-order valence-corrected chi connectivity index (χ1v) is 6.46. The normalized spacial score (nSPS) is 12.5. The van der Waals surface area contributed by atoms with Crippen LogP contribution in [0.1, 0.15) is 0 Å². The Balaban J connectivity index is 2.29. The molecule has 18 heavy (non-hydrogen) atoms. The van der Waals surface area contributed by atoms with Gasteiger partial charge < -0.3 is 16.6 Å². The second-order valence-corrected chi connectivity index (χ2v) is 5.01. The van der Waals surface area contributed by atoms with E-state index in [9.17, 15) is 9.90 Å². The molecule has 1 unspecified atom stereocenters. The Hall–Kier alpha value is -1.72. The fourth-order valence-electron chi connectivity index (χ4n) is 1.64. The van der Waals surface area contributed by atoms with Gasteiger partial charge in [-0.1, -0.05) is 24.3 Å². The maximum Gasteiger partial charge on any atom is 0.235 e. The number of aromatic hydroxyl groups is 1. The van der Waals surface area contributed by atoms with Crippen molar-refractivity contribution < 1.29 is 9.90 Å². The fraction of sp³-hybridized carbons (Fsp3) is 0.154. The zero-order chi connectivity index (χ0) is 13.1. The van der Waals surface area contributed by atoms with E-state index >= 15 is 0 Å². The molecule has 0 aliphatic carbocycles. The maximum atomic E-state index is 10.9. The predicted octanol–water partition coefficient (Wildman–Crippen LogP) is 1.45. The van der Waals surface area contributed by atoms with Crippen molar-refractivity contribution in [3.8, 4) is 5.75 Å². The zero-order valence-corrected chi connectivity index (χ0v) is 10.5. The molecule has 94 valence electrons. The summed E-state index contributed by atoms with van der Waals surface area (Å²) < 4.78 is 0. The summed E-state index contributed by atoms with van der Waals surface area (Å²) in [6, 6.07) is 10.3. The molecule has 2 aromatic rings. The molecule has 0 saturated heterocycles. The van der Waals surface area contributed by atoms with Gasteiger partial charge in [-0.05, 0) is 17.5 Å². The molecule has 0 spiro atoms. The van der Waals surface area contributed by atoms with Gasteiger partial charge in [-0.25, -0.2) is 0 Å². The van der Waals surface area contributed by atoms with E-state index in [4.69, 9.17) is 11.5 Å². The van der Waals surface area contributed by atoms with Crippen LogP contribution >= 0.6 is 11.8 Å². The van der Waals surface area contributed by atoms with E-state index in [1.54, 1.807) is 6.07 Å². The largest absolute Gasteiger partial charge is 0.507 e. The number of amides is 1. The molecule has 0 radical (unpaired) electrons. The molecule has 2 rings (SSSR count). The summed E-state index contributed by atoms with van der Waals surface area (Å²) in [6.45, 7) is 0. The molecule has 0 heterocycles. The van der Waals surface area contributed by atoms with Gasteiger partial charge in [0.15, 0.2) is 0 Å². The summed E-state index contributed by atoms with van der Waals surface area (Å²) in [7, 11) is 0. The molecule has 2 aromatic carbocycles. The monoisotopic (exact) mass is 262 g/mol. The van der Waals surface area contributed by atoms with Gasteiger partial charge in [0.05, 0.1) is 6.04 Å². The van der Waals surface area contributed by atoms with Gasteiger partial charge in [0.1, 0.15) is 5.75 Å². The van der Waals surface area contributed by atoms with E-state index in [0.717, 1.165) is 15.7 Å². The van der Waals surface area contributed by atoms with Gasteiger partial charge in [-0.3, -0.25) is 4.79 Å². The first-order valence-electron chi connectivity index (χ1n) is 5.48. The highest BCUT2D eigenvalue weighted by atomic mass is 32.2. The van der Waals surface area contributed by atoms with Crippen molar-refractivity contribution in [2.45, 2.75) is 10.9 Å². The van der Waals surface area contributed by atoms with Crippen molar-refractivity contribution in [2.24, 2.45) is 11.5 Å². The minimum absolute atomic E-state index is 0.245. The average Bonchev–Trinajstić information content (AvgIpc) is 2.38. The minimum Gasteiger partial charge on any atom is -0.507 e. The maximum absolute atomic E-state index is 10.9. The van der Waals surface area contributed by atoms with E-state index in [1.807, 2.05) is 30.3 Å². The number of fused-ring (bicyclic) bond motifs is 1. The van der Waals surface area contributed by atoms with Crippen LogP contribution in [0.15, 0.2) is 41.3 Å². The van der Waals surface area contributed by atoms with Crippen LogP contribution in [0.4, 0.5) is 0 Å². The second-order valence-electron chi connectivity index (χ2n) is 3.95. The molecule has 1 atom stereocenters. The number of primary amides is 1. The van der Waals surface area contributed by atoms with Crippen LogP contribution < -0.4 is 11.5 Å². The minimum atomic E-state index is -0.664. The van der Waals surface area contributed by atoms with Gasteiger partial charge in [-0.15, -0.1) is 11.8 Å².